The summed E-state index contributed by atoms with van der Waals surface area (Å²) in [4.78, 5) is 27.1. The average molecular weight is 391 g/mol. The van der Waals surface area contributed by atoms with Gasteiger partial charge in [0.15, 0.2) is 5.78 Å². The smallest absolute Gasteiger partial charge is 0.416 e. The third-order valence-corrected chi connectivity index (χ3v) is 4.91. The monoisotopic (exact) mass is 391 g/mol. The molecule has 1 amide bonds. The van der Waals surface area contributed by atoms with Crippen LogP contribution in [0.1, 0.15) is 39.1 Å². The van der Waals surface area contributed by atoms with Crippen molar-refractivity contribution < 1.29 is 27.5 Å². The zero-order chi connectivity index (χ0) is 20.3. The van der Waals surface area contributed by atoms with Crippen molar-refractivity contribution in [3.05, 3.63) is 65.2 Å². The molecular weight excluding hydrogens is 371 g/mol. The molecule has 28 heavy (non-hydrogen) atoms. The summed E-state index contributed by atoms with van der Waals surface area (Å²) in [7, 11) is 1.49. The summed E-state index contributed by atoms with van der Waals surface area (Å²) in [5, 5.41) is 0. The van der Waals surface area contributed by atoms with E-state index in [1.807, 2.05) is 0 Å². The molecule has 0 bridgehead atoms. The number of amides is 1. The summed E-state index contributed by atoms with van der Waals surface area (Å²) < 4.78 is 43.3. The lowest BCUT2D eigenvalue weighted by Crippen LogP contribution is -2.42. The van der Waals surface area contributed by atoms with Gasteiger partial charge < -0.3 is 9.64 Å². The summed E-state index contributed by atoms with van der Waals surface area (Å²) in [5.74, 6) is -0.351. The molecular formula is C21H20F3NO3. The molecule has 1 saturated heterocycles. The number of methoxy groups -OCH3 is 1. The molecule has 0 unspecified atom stereocenters. The molecule has 1 fully saturated rings. The number of likely N-dealkylation sites (tertiary alicyclic amines) is 1. The highest BCUT2D eigenvalue weighted by atomic mass is 19.4. The number of hydrogen-bond acceptors (Lipinski definition) is 3. The molecule has 1 aliphatic heterocycles. The molecule has 2 aromatic carbocycles. The van der Waals surface area contributed by atoms with Crippen molar-refractivity contribution in [3.63, 3.8) is 0 Å². The van der Waals surface area contributed by atoms with Crippen LogP contribution in [0.3, 0.4) is 0 Å². The van der Waals surface area contributed by atoms with Crippen molar-refractivity contribution in [2.24, 2.45) is 5.92 Å². The van der Waals surface area contributed by atoms with Gasteiger partial charge in [-0.25, -0.2) is 0 Å². The number of ether oxygens (including phenoxy) is 1. The van der Waals surface area contributed by atoms with E-state index < -0.39 is 11.7 Å². The van der Waals surface area contributed by atoms with Crippen molar-refractivity contribution in [1.82, 2.24) is 4.90 Å². The minimum atomic E-state index is -4.45. The molecule has 0 saturated carbocycles. The number of hydrogen-bond donors (Lipinski definition) is 0. The van der Waals surface area contributed by atoms with Crippen molar-refractivity contribution in [2.75, 3.05) is 20.2 Å². The molecule has 148 valence electrons. The van der Waals surface area contributed by atoms with Crippen LogP contribution in [0.2, 0.25) is 0 Å². The van der Waals surface area contributed by atoms with E-state index in [0.29, 0.717) is 30.7 Å². The standard InChI is InChI=1S/C21H20F3NO3/c1-28-18-7-3-2-6-17(18)19(26)15-5-4-12-25(13-15)20(27)14-8-10-16(11-9-14)21(22,23)24/h2-3,6-11,15H,4-5,12-13H2,1H3/t15-/m0/s1. The average Bonchev–Trinajstić information content (AvgIpc) is 2.72. The molecule has 2 aromatic rings. The van der Waals surface area contributed by atoms with Crippen LogP contribution in [0.25, 0.3) is 0 Å². The minimum Gasteiger partial charge on any atom is -0.496 e. The number of carbonyl (C=O) groups is 2. The highest BCUT2D eigenvalue weighted by molar-refractivity contribution is 6.01. The summed E-state index contributed by atoms with van der Waals surface area (Å²) in [5.41, 5.74) is -0.149. The van der Waals surface area contributed by atoms with Gasteiger partial charge in [0.1, 0.15) is 5.75 Å². The van der Waals surface area contributed by atoms with Gasteiger partial charge in [0, 0.05) is 24.6 Å². The number of carbonyl (C=O) groups excluding carboxylic acids is 2. The third kappa shape index (κ3) is 4.18. The van der Waals surface area contributed by atoms with Gasteiger partial charge in [-0.1, -0.05) is 12.1 Å². The number of para-hydroxylation sites is 1. The van der Waals surface area contributed by atoms with E-state index in [2.05, 4.69) is 0 Å². The van der Waals surface area contributed by atoms with Gasteiger partial charge in [-0.15, -0.1) is 0 Å². The molecule has 3 rings (SSSR count). The lowest BCUT2D eigenvalue weighted by molar-refractivity contribution is -0.137. The minimum absolute atomic E-state index is 0.0950. The van der Waals surface area contributed by atoms with Crippen LogP contribution in [0.15, 0.2) is 48.5 Å². The van der Waals surface area contributed by atoms with Gasteiger partial charge >= 0.3 is 6.18 Å². The van der Waals surface area contributed by atoms with Crippen LogP contribution in [0.4, 0.5) is 13.2 Å². The number of nitrogens with zero attached hydrogens (tertiary/aromatic N) is 1. The van der Waals surface area contributed by atoms with Crippen molar-refractivity contribution in [1.29, 1.82) is 0 Å². The van der Waals surface area contributed by atoms with E-state index in [4.69, 9.17) is 4.74 Å². The number of rotatable bonds is 4. The van der Waals surface area contributed by atoms with Gasteiger partial charge in [-0.3, -0.25) is 9.59 Å². The predicted molar refractivity (Wildman–Crippen MR) is 97.4 cm³/mol. The summed E-state index contributed by atoms with van der Waals surface area (Å²) >= 11 is 0. The fraction of sp³-hybridized carbons (Fsp3) is 0.333. The normalized spacial score (nSPS) is 17.3. The molecule has 1 aliphatic rings. The maximum Gasteiger partial charge on any atom is 0.416 e. The molecule has 0 N–H and O–H groups in total. The Morgan fingerprint density at radius 3 is 2.39 bits per heavy atom. The molecule has 1 heterocycles. The zero-order valence-electron chi connectivity index (χ0n) is 15.3. The second-order valence-electron chi connectivity index (χ2n) is 6.73. The van der Waals surface area contributed by atoms with Crippen LogP contribution in [-0.2, 0) is 6.18 Å². The summed E-state index contributed by atoms with van der Waals surface area (Å²) in [6.07, 6.45) is -3.15. The lowest BCUT2D eigenvalue weighted by Gasteiger charge is -2.32. The largest absolute Gasteiger partial charge is 0.496 e. The van der Waals surface area contributed by atoms with E-state index in [0.717, 1.165) is 12.1 Å². The highest BCUT2D eigenvalue weighted by Crippen LogP contribution is 2.30. The van der Waals surface area contributed by atoms with Gasteiger partial charge in [-0.05, 0) is 49.2 Å². The van der Waals surface area contributed by atoms with Gasteiger partial charge in [0.05, 0.1) is 18.2 Å². The maximum absolute atomic E-state index is 12.9. The van der Waals surface area contributed by atoms with Crippen LogP contribution < -0.4 is 4.74 Å². The Hall–Kier alpha value is -2.83. The van der Waals surface area contributed by atoms with E-state index in [9.17, 15) is 22.8 Å². The first-order chi connectivity index (χ1) is 13.3. The fourth-order valence-corrected chi connectivity index (χ4v) is 3.43. The summed E-state index contributed by atoms with van der Waals surface area (Å²) in [6.45, 7) is 0.701. The fourth-order valence-electron chi connectivity index (χ4n) is 3.43. The first-order valence-corrected chi connectivity index (χ1v) is 8.95. The molecule has 1 atom stereocenters. The van der Waals surface area contributed by atoms with Gasteiger partial charge in [-0.2, -0.15) is 13.2 Å². The Kier molecular flexibility index (Phi) is 5.72. The number of halogens is 3. The molecule has 0 radical (unpaired) electrons. The van der Waals surface area contributed by atoms with Gasteiger partial charge in [0.2, 0.25) is 0 Å². The second kappa shape index (κ2) is 8.04. The Balaban J connectivity index is 1.74. The molecule has 0 spiro atoms. The van der Waals surface area contributed by atoms with Crippen LogP contribution in [0, 0.1) is 5.92 Å². The first-order valence-electron chi connectivity index (χ1n) is 8.95. The lowest BCUT2D eigenvalue weighted by atomic mass is 9.89. The molecule has 0 aliphatic carbocycles. The highest BCUT2D eigenvalue weighted by Gasteiger charge is 2.32. The van der Waals surface area contributed by atoms with Gasteiger partial charge in [0.25, 0.3) is 5.91 Å². The first kappa shape index (κ1) is 19.9. The number of Topliss-reactive ketones (excluding diaryl/α,β-unsaturated/α-hetero) is 1. The van der Waals surface area contributed by atoms with E-state index in [1.165, 1.54) is 24.1 Å². The Labute approximate surface area is 160 Å². The molecule has 7 heteroatoms. The number of piperidine rings is 1. The number of benzene rings is 2. The van der Waals surface area contributed by atoms with Crippen LogP contribution in [-0.4, -0.2) is 36.8 Å². The number of ketones is 1. The van der Waals surface area contributed by atoms with Crippen LogP contribution >= 0.6 is 0 Å². The predicted octanol–water partition coefficient (Wildman–Crippen LogP) is 4.45. The Bertz CT molecular complexity index is 862. The Morgan fingerprint density at radius 2 is 1.75 bits per heavy atom. The SMILES string of the molecule is COc1ccccc1C(=O)[C@H]1CCCN(C(=O)c2ccc(C(F)(F)F)cc2)C1. The number of alkyl halides is 3. The topological polar surface area (TPSA) is 46.6 Å². The molecule has 0 aromatic heterocycles. The maximum atomic E-state index is 12.9. The zero-order valence-corrected chi connectivity index (χ0v) is 15.3. The van der Waals surface area contributed by atoms with E-state index >= 15 is 0 Å². The second-order valence-corrected chi connectivity index (χ2v) is 6.73. The quantitative estimate of drug-likeness (QED) is 0.724. The van der Waals surface area contributed by atoms with Crippen LogP contribution in [0.5, 0.6) is 5.75 Å². The van der Waals surface area contributed by atoms with Crippen molar-refractivity contribution in [3.8, 4) is 5.75 Å². The summed E-state index contributed by atoms with van der Waals surface area (Å²) in [6, 6.07) is 11.1. The van der Waals surface area contributed by atoms with Crippen molar-refractivity contribution in [2.45, 2.75) is 19.0 Å². The molecule has 4 nitrogen and oxygen atoms in total. The third-order valence-electron chi connectivity index (χ3n) is 4.91. The van der Waals surface area contributed by atoms with Crippen molar-refractivity contribution >= 4 is 11.7 Å². The Morgan fingerprint density at radius 1 is 1.07 bits per heavy atom. The van der Waals surface area contributed by atoms with E-state index in [1.54, 1.807) is 24.3 Å². The van der Waals surface area contributed by atoms with E-state index in [-0.39, 0.29) is 29.7 Å².